The van der Waals surface area contributed by atoms with Crippen molar-refractivity contribution in [1.82, 2.24) is 19.6 Å². The first-order chi connectivity index (χ1) is 9.97. The van der Waals surface area contributed by atoms with E-state index in [2.05, 4.69) is 5.10 Å². The minimum absolute atomic E-state index is 0.000604. The fourth-order valence-corrected chi connectivity index (χ4v) is 2.54. The van der Waals surface area contributed by atoms with E-state index in [0.29, 0.717) is 32.5 Å². The summed E-state index contributed by atoms with van der Waals surface area (Å²) in [6.45, 7) is 3.01. The molecule has 1 N–H and O–H groups in total. The molecule has 1 fully saturated rings. The standard InChI is InChI=1S/C14H22N4O3/c1-11(19)17-7-8-18(10-13(20)9-17)14(21)4-3-12-5-6-15-16(12)2/h5-6,13,20H,3-4,7-10H2,1-2H3. The minimum atomic E-state index is -0.683. The Bertz CT molecular complexity index is 514. The van der Waals surface area contributed by atoms with Gasteiger partial charge in [-0.3, -0.25) is 14.3 Å². The van der Waals surface area contributed by atoms with Crippen LogP contribution in [0.15, 0.2) is 12.3 Å². The van der Waals surface area contributed by atoms with E-state index in [1.807, 2.05) is 13.1 Å². The molecular weight excluding hydrogens is 272 g/mol. The molecule has 0 saturated carbocycles. The van der Waals surface area contributed by atoms with Gasteiger partial charge in [-0.15, -0.1) is 0 Å². The predicted octanol–water partition coefficient (Wildman–Crippen LogP) is -0.596. The first-order valence-electron chi connectivity index (χ1n) is 7.15. The maximum atomic E-state index is 12.3. The molecule has 0 radical (unpaired) electrons. The van der Waals surface area contributed by atoms with Crippen molar-refractivity contribution in [2.45, 2.75) is 25.9 Å². The molecule has 0 bridgehead atoms. The lowest BCUT2D eigenvalue weighted by molar-refractivity contribution is -0.132. The van der Waals surface area contributed by atoms with Crippen molar-refractivity contribution in [2.24, 2.45) is 7.05 Å². The van der Waals surface area contributed by atoms with Gasteiger partial charge in [0.15, 0.2) is 0 Å². The highest BCUT2D eigenvalue weighted by atomic mass is 16.3. The number of hydrogen-bond acceptors (Lipinski definition) is 4. The van der Waals surface area contributed by atoms with E-state index in [4.69, 9.17) is 0 Å². The maximum Gasteiger partial charge on any atom is 0.223 e. The third-order valence-electron chi connectivity index (χ3n) is 3.82. The van der Waals surface area contributed by atoms with Gasteiger partial charge < -0.3 is 14.9 Å². The van der Waals surface area contributed by atoms with E-state index >= 15 is 0 Å². The molecule has 1 aliphatic heterocycles. The SMILES string of the molecule is CC(=O)N1CCN(C(=O)CCc2ccnn2C)CC(O)C1. The quantitative estimate of drug-likeness (QED) is 0.808. The summed E-state index contributed by atoms with van der Waals surface area (Å²) >= 11 is 0. The molecule has 0 aromatic carbocycles. The molecule has 1 aliphatic rings. The average molecular weight is 294 g/mol. The number of nitrogens with zero attached hydrogens (tertiary/aromatic N) is 4. The summed E-state index contributed by atoms with van der Waals surface area (Å²) in [4.78, 5) is 26.9. The van der Waals surface area contributed by atoms with Gasteiger partial charge in [-0.05, 0) is 12.5 Å². The van der Waals surface area contributed by atoms with Crippen LogP contribution in [-0.4, -0.2) is 68.8 Å². The van der Waals surface area contributed by atoms with Crippen LogP contribution < -0.4 is 0 Å². The molecule has 0 spiro atoms. The second kappa shape index (κ2) is 6.71. The Kier molecular flexibility index (Phi) is 4.95. The highest BCUT2D eigenvalue weighted by Crippen LogP contribution is 2.08. The fourth-order valence-electron chi connectivity index (χ4n) is 2.54. The lowest BCUT2D eigenvalue weighted by Crippen LogP contribution is -2.37. The zero-order valence-corrected chi connectivity index (χ0v) is 12.5. The average Bonchev–Trinajstić information content (AvgIpc) is 2.72. The van der Waals surface area contributed by atoms with Crippen LogP contribution in [0, 0.1) is 0 Å². The van der Waals surface area contributed by atoms with Crippen molar-refractivity contribution >= 4 is 11.8 Å². The Labute approximate surface area is 124 Å². The van der Waals surface area contributed by atoms with Crippen LogP contribution in [0.5, 0.6) is 0 Å². The Morgan fingerprint density at radius 1 is 1.33 bits per heavy atom. The van der Waals surface area contributed by atoms with Crippen molar-refractivity contribution < 1.29 is 14.7 Å². The zero-order valence-electron chi connectivity index (χ0n) is 12.5. The smallest absolute Gasteiger partial charge is 0.223 e. The van der Waals surface area contributed by atoms with Gasteiger partial charge in [0.05, 0.1) is 6.10 Å². The molecule has 1 aromatic rings. The number of aliphatic hydroxyl groups excluding tert-OH is 1. The highest BCUT2D eigenvalue weighted by molar-refractivity contribution is 5.77. The van der Waals surface area contributed by atoms with E-state index in [1.165, 1.54) is 6.92 Å². The number of aliphatic hydroxyl groups is 1. The summed E-state index contributed by atoms with van der Waals surface area (Å²) in [6.07, 6.45) is 2.03. The summed E-state index contributed by atoms with van der Waals surface area (Å²) in [5, 5.41) is 14.0. The molecular formula is C14H22N4O3. The van der Waals surface area contributed by atoms with Crippen molar-refractivity contribution in [3.63, 3.8) is 0 Å². The summed E-state index contributed by atoms with van der Waals surface area (Å²) in [6, 6.07) is 1.89. The summed E-state index contributed by atoms with van der Waals surface area (Å²) in [7, 11) is 1.85. The zero-order chi connectivity index (χ0) is 15.4. The molecule has 21 heavy (non-hydrogen) atoms. The first kappa shape index (κ1) is 15.5. The second-order valence-corrected chi connectivity index (χ2v) is 5.40. The van der Waals surface area contributed by atoms with Gasteiger partial charge in [-0.2, -0.15) is 5.10 Å². The second-order valence-electron chi connectivity index (χ2n) is 5.40. The highest BCUT2D eigenvalue weighted by Gasteiger charge is 2.25. The van der Waals surface area contributed by atoms with Crippen LogP contribution in [0.3, 0.4) is 0 Å². The van der Waals surface area contributed by atoms with Crippen LogP contribution in [0.25, 0.3) is 0 Å². The molecule has 7 nitrogen and oxygen atoms in total. The van der Waals surface area contributed by atoms with Crippen molar-refractivity contribution in [3.8, 4) is 0 Å². The number of rotatable bonds is 3. The molecule has 1 unspecified atom stereocenters. The monoisotopic (exact) mass is 294 g/mol. The van der Waals surface area contributed by atoms with E-state index < -0.39 is 6.10 Å². The van der Waals surface area contributed by atoms with Crippen molar-refractivity contribution in [1.29, 1.82) is 0 Å². The van der Waals surface area contributed by atoms with Crippen molar-refractivity contribution in [3.05, 3.63) is 18.0 Å². The molecule has 2 heterocycles. The number of carbonyl (C=O) groups is 2. The Morgan fingerprint density at radius 3 is 2.62 bits per heavy atom. The molecule has 0 aliphatic carbocycles. The summed E-state index contributed by atoms with van der Waals surface area (Å²) in [5.41, 5.74) is 1.00. The van der Waals surface area contributed by atoms with Crippen LogP contribution in [0.4, 0.5) is 0 Å². The molecule has 1 saturated heterocycles. The fraction of sp³-hybridized carbons (Fsp3) is 0.643. The van der Waals surface area contributed by atoms with E-state index in [9.17, 15) is 14.7 Å². The minimum Gasteiger partial charge on any atom is -0.389 e. The van der Waals surface area contributed by atoms with Gasteiger partial charge in [-0.25, -0.2) is 0 Å². The van der Waals surface area contributed by atoms with Gasteiger partial charge in [0.2, 0.25) is 11.8 Å². The third-order valence-corrected chi connectivity index (χ3v) is 3.82. The normalized spacial score (nSPS) is 19.5. The first-order valence-corrected chi connectivity index (χ1v) is 7.15. The lowest BCUT2D eigenvalue weighted by atomic mass is 10.2. The van der Waals surface area contributed by atoms with Gasteiger partial charge in [0.25, 0.3) is 0 Å². The van der Waals surface area contributed by atoms with Gasteiger partial charge in [-0.1, -0.05) is 0 Å². The number of hydrogen-bond donors (Lipinski definition) is 1. The topological polar surface area (TPSA) is 78.7 Å². The number of amides is 2. The number of β-amino-alcohol motifs (C(OH)–C–C–N with tert-alkyl or cyclic N) is 1. The van der Waals surface area contributed by atoms with Gasteiger partial charge >= 0.3 is 0 Å². The van der Waals surface area contributed by atoms with E-state index in [1.54, 1.807) is 20.7 Å². The Morgan fingerprint density at radius 2 is 2.00 bits per heavy atom. The molecule has 2 amide bonds. The van der Waals surface area contributed by atoms with Gasteiger partial charge in [0.1, 0.15) is 0 Å². The van der Waals surface area contributed by atoms with Crippen LogP contribution in [-0.2, 0) is 23.1 Å². The van der Waals surface area contributed by atoms with Crippen LogP contribution in [0.1, 0.15) is 19.0 Å². The third kappa shape index (κ3) is 4.04. The summed E-state index contributed by atoms with van der Waals surface area (Å²) in [5.74, 6) is -0.0705. The van der Waals surface area contributed by atoms with Crippen LogP contribution >= 0.6 is 0 Å². The number of aryl methyl sites for hydroxylation is 2. The molecule has 1 aromatic heterocycles. The molecule has 2 rings (SSSR count). The maximum absolute atomic E-state index is 12.3. The molecule has 116 valence electrons. The lowest BCUT2D eigenvalue weighted by Gasteiger charge is -2.21. The van der Waals surface area contributed by atoms with Crippen LogP contribution in [0.2, 0.25) is 0 Å². The van der Waals surface area contributed by atoms with E-state index in [0.717, 1.165) is 5.69 Å². The summed E-state index contributed by atoms with van der Waals surface area (Å²) < 4.78 is 1.75. The molecule has 7 heteroatoms. The largest absolute Gasteiger partial charge is 0.389 e. The Balaban J connectivity index is 1.90. The number of carbonyl (C=O) groups excluding carboxylic acids is 2. The van der Waals surface area contributed by atoms with Gasteiger partial charge in [0, 0.05) is 58.5 Å². The number of aromatic nitrogens is 2. The predicted molar refractivity (Wildman–Crippen MR) is 76.4 cm³/mol. The Hall–Kier alpha value is -1.89. The van der Waals surface area contributed by atoms with Crippen molar-refractivity contribution in [2.75, 3.05) is 26.2 Å². The molecule has 1 atom stereocenters. The van der Waals surface area contributed by atoms with E-state index in [-0.39, 0.29) is 18.4 Å².